The highest BCUT2D eigenvalue weighted by Crippen LogP contribution is 2.52. The van der Waals surface area contributed by atoms with Crippen LogP contribution in [0.4, 0.5) is 5.69 Å². The van der Waals surface area contributed by atoms with Crippen molar-refractivity contribution in [2.75, 3.05) is 11.9 Å². The molecule has 45 heavy (non-hydrogen) atoms. The summed E-state index contributed by atoms with van der Waals surface area (Å²) in [5.74, 6) is -1.36. The molecule has 0 saturated heterocycles. The third-order valence-corrected chi connectivity index (χ3v) is 8.89. The quantitative estimate of drug-likeness (QED) is 0.203. The summed E-state index contributed by atoms with van der Waals surface area (Å²) in [5.41, 5.74) is 2.41. The number of rotatable bonds is 7. The largest absolute Gasteiger partial charge is 0.508 e. The Balaban J connectivity index is 1.62. The van der Waals surface area contributed by atoms with Gasteiger partial charge in [0.1, 0.15) is 35.3 Å². The Morgan fingerprint density at radius 3 is 2.60 bits per heavy atom. The number of aromatic nitrogens is 2. The lowest BCUT2D eigenvalue weighted by Gasteiger charge is -2.31. The van der Waals surface area contributed by atoms with Gasteiger partial charge in [0.25, 0.3) is 0 Å². The Hall–Kier alpha value is -4.48. The first kappa shape index (κ1) is 30.5. The second-order valence-electron chi connectivity index (χ2n) is 12.7. The number of nitrogens with zero attached hydrogens (tertiary/aromatic N) is 2. The van der Waals surface area contributed by atoms with Crippen LogP contribution in [0.2, 0.25) is 0 Å². The Labute approximate surface area is 260 Å². The predicted molar refractivity (Wildman–Crippen MR) is 164 cm³/mol. The van der Waals surface area contributed by atoms with Gasteiger partial charge in [0, 0.05) is 30.1 Å². The summed E-state index contributed by atoms with van der Waals surface area (Å²) >= 11 is 0. The molecule has 4 bridgehead atoms. The van der Waals surface area contributed by atoms with Crippen molar-refractivity contribution >= 4 is 17.4 Å². The number of phenols is 1. The number of para-hydroxylation sites is 1. The van der Waals surface area contributed by atoms with Gasteiger partial charge < -0.3 is 34.8 Å². The third kappa shape index (κ3) is 5.29. The molecule has 0 fully saturated rings. The molecule has 236 valence electrons. The van der Waals surface area contributed by atoms with Crippen LogP contribution in [0.5, 0.6) is 5.75 Å². The van der Waals surface area contributed by atoms with Gasteiger partial charge >= 0.3 is 0 Å². The SMILES string of the molecule is CC(C)[C@H](O)C(=O)C[C@H]1Cc2ccc(O)c(c2)[C@]2(CNc3ccccc32)c2oc(nc2-c2nc(CO)co2)[C@H](C(C)C)NC1=O. The molecule has 2 aliphatic rings. The number of oxazole rings is 2. The van der Waals surface area contributed by atoms with E-state index in [1.807, 2.05) is 44.2 Å². The van der Waals surface area contributed by atoms with Crippen molar-refractivity contribution in [1.82, 2.24) is 15.3 Å². The van der Waals surface area contributed by atoms with Crippen molar-refractivity contribution in [2.45, 2.75) is 64.7 Å². The molecular formula is C34H38N4O7. The molecule has 2 aliphatic heterocycles. The molecule has 11 heteroatoms. The van der Waals surface area contributed by atoms with Gasteiger partial charge in [0.05, 0.1) is 6.61 Å². The second-order valence-corrected chi connectivity index (χ2v) is 12.7. The molecule has 0 aliphatic carbocycles. The van der Waals surface area contributed by atoms with Crippen LogP contribution in [-0.4, -0.2) is 49.6 Å². The number of Topliss-reactive ketones (excluding diaryl/α,β-unsaturated/α-hetero) is 1. The molecule has 2 aromatic carbocycles. The maximum atomic E-state index is 13.9. The number of amides is 1. The van der Waals surface area contributed by atoms with Crippen LogP contribution in [0, 0.1) is 17.8 Å². The van der Waals surface area contributed by atoms with Crippen LogP contribution in [0.15, 0.2) is 57.6 Å². The smallest absolute Gasteiger partial charge is 0.249 e. The average Bonchev–Trinajstić information content (AvgIpc) is 3.76. The highest BCUT2D eigenvalue weighted by molar-refractivity contribution is 5.89. The Bertz CT molecular complexity index is 1740. The lowest BCUT2D eigenvalue weighted by atomic mass is 9.72. The van der Waals surface area contributed by atoms with E-state index in [1.165, 1.54) is 6.26 Å². The fraction of sp³-hybridized carbons (Fsp3) is 0.412. The van der Waals surface area contributed by atoms with E-state index in [2.05, 4.69) is 15.6 Å². The summed E-state index contributed by atoms with van der Waals surface area (Å²) in [6.07, 6.45) is 0.192. The molecule has 2 aromatic heterocycles. The van der Waals surface area contributed by atoms with Crippen LogP contribution in [0.25, 0.3) is 11.6 Å². The van der Waals surface area contributed by atoms with Crippen LogP contribution in [-0.2, 0) is 28.0 Å². The van der Waals surface area contributed by atoms with Gasteiger partial charge in [-0.15, -0.1) is 0 Å². The molecule has 4 aromatic rings. The zero-order valence-corrected chi connectivity index (χ0v) is 25.7. The van der Waals surface area contributed by atoms with Gasteiger partial charge in [0.2, 0.25) is 17.7 Å². The third-order valence-electron chi connectivity index (χ3n) is 8.89. The summed E-state index contributed by atoms with van der Waals surface area (Å²) in [7, 11) is 0. The zero-order valence-electron chi connectivity index (χ0n) is 25.7. The normalized spacial score (nSPS) is 21.6. The lowest BCUT2D eigenvalue weighted by Crippen LogP contribution is -2.40. The molecule has 11 nitrogen and oxygen atoms in total. The minimum atomic E-state index is -1.19. The number of aliphatic hydroxyl groups excluding tert-OH is 2. The number of phenolic OH excluding ortho intramolecular Hbond substituents is 1. The average molecular weight is 615 g/mol. The molecular weight excluding hydrogens is 576 g/mol. The maximum Gasteiger partial charge on any atom is 0.249 e. The van der Waals surface area contributed by atoms with Gasteiger partial charge in [-0.2, -0.15) is 0 Å². The van der Waals surface area contributed by atoms with Crippen molar-refractivity contribution in [1.29, 1.82) is 0 Å². The first-order chi connectivity index (χ1) is 21.5. The molecule has 0 saturated carbocycles. The number of hydrogen-bond acceptors (Lipinski definition) is 10. The van der Waals surface area contributed by atoms with E-state index in [0.717, 1.165) is 16.8 Å². The van der Waals surface area contributed by atoms with Crippen LogP contribution in [0.1, 0.15) is 74.2 Å². The number of fused-ring (bicyclic) bond motifs is 8. The van der Waals surface area contributed by atoms with Crippen molar-refractivity contribution in [3.8, 4) is 17.3 Å². The first-order valence-corrected chi connectivity index (χ1v) is 15.3. The Morgan fingerprint density at radius 2 is 1.89 bits per heavy atom. The van der Waals surface area contributed by atoms with Crippen molar-refractivity contribution in [2.24, 2.45) is 17.8 Å². The summed E-state index contributed by atoms with van der Waals surface area (Å²) in [5, 5.41) is 38.3. The number of carbonyl (C=O) groups excluding carboxylic acids is 2. The fourth-order valence-electron chi connectivity index (χ4n) is 6.40. The van der Waals surface area contributed by atoms with Crippen molar-refractivity contribution in [3.63, 3.8) is 0 Å². The number of anilines is 1. The van der Waals surface area contributed by atoms with E-state index in [0.29, 0.717) is 23.6 Å². The molecule has 1 spiro atoms. The van der Waals surface area contributed by atoms with Gasteiger partial charge in [-0.25, -0.2) is 9.97 Å². The van der Waals surface area contributed by atoms with Gasteiger partial charge in [-0.3, -0.25) is 9.59 Å². The highest BCUT2D eigenvalue weighted by Gasteiger charge is 2.50. The number of carbonyl (C=O) groups is 2. The highest BCUT2D eigenvalue weighted by atomic mass is 16.4. The number of hydrogen-bond donors (Lipinski definition) is 5. The minimum Gasteiger partial charge on any atom is -0.508 e. The topological polar surface area (TPSA) is 171 Å². The van der Waals surface area contributed by atoms with Crippen molar-refractivity contribution < 1.29 is 33.7 Å². The van der Waals surface area contributed by atoms with E-state index < -0.39 is 29.3 Å². The summed E-state index contributed by atoms with van der Waals surface area (Å²) in [6.45, 7) is 7.33. The van der Waals surface area contributed by atoms with Crippen LogP contribution < -0.4 is 10.6 Å². The molecule has 0 unspecified atom stereocenters. The Kier molecular flexibility index (Phi) is 8.00. The lowest BCUT2D eigenvalue weighted by molar-refractivity contribution is -0.135. The summed E-state index contributed by atoms with van der Waals surface area (Å²) in [4.78, 5) is 36.3. The minimum absolute atomic E-state index is 0.00869. The van der Waals surface area contributed by atoms with Gasteiger partial charge in [0.15, 0.2) is 17.2 Å². The fourth-order valence-corrected chi connectivity index (χ4v) is 6.40. The number of nitrogens with one attached hydrogen (secondary N) is 2. The standard InChI is InChI=1S/C34H38N4O7/c1-17(2)27-33-38-28(32-36-21(14-39)15-44-32)30(45-33)34(16-35-24-8-6-5-7-22(24)34)23-12-19(9-10-25(23)40)11-20(31(43)37-27)13-26(41)29(42)18(3)4/h5-10,12,15,17-18,20,27,29,35,39-40,42H,11,13-14,16H2,1-4H3,(H,37,43)/t20-,27+,29+,34-/m1/s1. The zero-order chi connectivity index (χ0) is 32.0. The Morgan fingerprint density at radius 1 is 1.11 bits per heavy atom. The number of benzene rings is 2. The molecule has 1 amide bonds. The number of ketones is 1. The molecule has 6 rings (SSSR count). The molecule has 4 heterocycles. The second kappa shape index (κ2) is 11.8. The summed E-state index contributed by atoms with van der Waals surface area (Å²) in [6, 6.07) is 12.2. The van der Waals surface area contributed by atoms with E-state index in [9.17, 15) is 24.9 Å². The van der Waals surface area contributed by atoms with E-state index in [1.54, 1.807) is 26.0 Å². The van der Waals surface area contributed by atoms with Crippen molar-refractivity contribution in [3.05, 3.63) is 82.8 Å². The van der Waals surface area contributed by atoms with Crippen LogP contribution in [0.3, 0.4) is 0 Å². The monoisotopic (exact) mass is 614 g/mol. The molecule has 0 radical (unpaired) electrons. The maximum absolute atomic E-state index is 13.9. The predicted octanol–water partition coefficient (Wildman–Crippen LogP) is 4.25. The van der Waals surface area contributed by atoms with E-state index in [4.69, 9.17) is 13.8 Å². The van der Waals surface area contributed by atoms with E-state index >= 15 is 0 Å². The number of aromatic hydroxyl groups is 1. The van der Waals surface area contributed by atoms with Crippen LogP contribution >= 0.6 is 0 Å². The van der Waals surface area contributed by atoms with Gasteiger partial charge in [-0.05, 0) is 41.5 Å². The number of aliphatic hydroxyl groups is 2. The molecule has 5 N–H and O–H groups in total. The van der Waals surface area contributed by atoms with Gasteiger partial charge in [-0.1, -0.05) is 58.0 Å². The summed E-state index contributed by atoms with van der Waals surface area (Å²) < 4.78 is 12.5. The first-order valence-electron chi connectivity index (χ1n) is 15.3. The van der Waals surface area contributed by atoms with E-state index in [-0.39, 0.29) is 60.4 Å². The molecule has 4 atom stereocenters.